The smallest absolute Gasteiger partial charge is 0.311 e. The van der Waals surface area contributed by atoms with E-state index in [1.807, 2.05) is 30.3 Å². The highest BCUT2D eigenvalue weighted by Gasteiger charge is 2.32. The number of amides is 1. The van der Waals surface area contributed by atoms with E-state index in [1.54, 1.807) is 34.0 Å². The molecule has 0 radical (unpaired) electrons. The molecule has 1 fully saturated rings. The van der Waals surface area contributed by atoms with Gasteiger partial charge in [0.25, 0.3) is 5.91 Å². The van der Waals surface area contributed by atoms with Gasteiger partial charge in [-0.1, -0.05) is 55.5 Å². The van der Waals surface area contributed by atoms with Crippen LogP contribution in [0.15, 0.2) is 59.6 Å². The molecule has 4 rings (SSSR count). The second-order valence-corrected chi connectivity index (χ2v) is 9.22. The van der Waals surface area contributed by atoms with E-state index in [1.165, 1.54) is 24.9 Å². The number of carbonyl (C=O) groups is 1. The van der Waals surface area contributed by atoms with E-state index in [4.69, 9.17) is 22.1 Å². The van der Waals surface area contributed by atoms with Crippen molar-refractivity contribution in [3.63, 3.8) is 0 Å². The summed E-state index contributed by atoms with van der Waals surface area (Å²) in [6.45, 7) is 2.64. The maximum atomic E-state index is 13.0. The average Bonchev–Trinajstić information content (AvgIpc) is 3.38. The zero-order valence-electron chi connectivity index (χ0n) is 18.6. The highest BCUT2D eigenvalue weighted by Crippen LogP contribution is 2.37. The first-order chi connectivity index (χ1) is 16.4. The summed E-state index contributed by atoms with van der Waals surface area (Å²) >= 11 is 6.68. The van der Waals surface area contributed by atoms with Crippen molar-refractivity contribution in [3.8, 4) is 22.7 Å². The first kappa shape index (κ1) is 23.7. The number of ether oxygens (including phenoxy) is 1. The number of nitro benzene ring substituents is 1. The molecule has 1 aliphatic heterocycles. The number of nitrogens with zero attached hydrogens (tertiary/aromatic N) is 4. The standard InChI is InChI=1S/C24H22N4O4S2/c1-3-4-12-26-23(29)21(34-24(26)33)14-17-15-27(18-8-6-5-7-9-18)25-22(17)16-10-11-20(32-2)19(13-16)28(30)31/h5-11,13-15H,3-4,12H2,1-2H3/b21-14-. The Morgan fingerprint density at radius 3 is 2.68 bits per heavy atom. The Morgan fingerprint density at radius 2 is 2.00 bits per heavy atom. The fourth-order valence-corrected chi connectivity index (χ4v) is 4.86. The van der Waals surface area contributed by atoms with Crippen LogP contribution in [0.2, 0.25) is 0 Å². The predicted octanol–water partition coefficient (Wildman–Crippen LogP) is 5.46. The molecule has 34 heavy (non-hydrogen) atoms. The number of aromatic nitrogens is 2. The number of benzene rings is 2. The molecule has 0 N–H and O–H groups in total. The van der Waals surface area contributed by atoms with E-state index in [0.717, 1.165) is 18.5 Å². The lowest BCUT2D eigenvalue weighted by molar-refractivity contribution is -0.385. The Balaban J connectivity index is 1.82. The number of hydrogen-bond donors (Lipinski definition) is 0. The highest BCUT2D eigenvalue weighted by atomic mass is 32.2. The Morgan fingerprint density at radius 1 is 1.24 bits per heavy atom. The van der Waals surface area contributed by atoms with Gasteiger partial charge < -0.3 is 4.74 Å². The van der Waals surface area contributed by atoms with E-state index >= 15 is 0 Å². The number of hydrogen-bond acceptors (Lipinski definition) is 7. The van der Waals surface area contributed by atoms with Crippen LogP contribution < -0.4 is 4.74 Å². The van der Waals surface area contributed by atoms with Gasteiger partial charge in [-0.3, -0.25) is 19.8 Å². The van der Waals surface area contributed by atoms with Crippen LogP contribution in [0.25, 0.3) is 23.0 Å². The van der Waals surface area contributed by atoms with Gasteiger partial charge in [0, 0.05) is 29.9 Å². The molecule has 1 aromatic heterocycles. The Labute approximate surface area is 206 Å². The summed E-state index contributed by atoms with van der Waals surface area (Å²) in [6.07, 6.45) is 5.38. The molecule has 0 aliphatic carbocycles. The topological polar surface area (TPSA) is 90.5 Å². The van der Waals surface area contributed by atoms with Crippen LogP contribution in [0.4, 0.5) is 5.69 Å². The van der Waals surface area contributed by atoms with Crippen LogP contribution in [0.1, 0.15) is 25.3 Å². The van der Waals surface area contributed by atoms with E-state index in [0.29, 0.717) is 32.6 Å². The number of thioether (sulfide) groups is 1. The van der Waals surface area contributed by atoms with Crippen molar-refractivity contribution < 1.29 is 14.5 Å². The molecule has 10 heteroatoms. The van der Waals surface area contributed by atoms with Gasteiger partial charge in [-0.2, -0.15) is 5.10 Å². The molecule has 0 spiro atoms. The number of rotatable bonds is 8. The lowest BCUT2D eigenvalue weighted by Crippen LogP contribution is -2.28. The van der Waals surface area contributed by atoms with Crippen molar-refractivity contribution >= 4 is 46.0 Å². The number of nitro groups is 1. The summed E-state index contributed by atoms with van der Waals surface area (Å²) in [7, 11) is 1.39. The van der Waals surface area contributed by atoms with Crippen molar-refractivity contribution in [1.82, 2.24) is 14.7 Å². The normalized spacial score (nSPS) is 14.8. The maximum absolute atomic E-state index is 13.0. The molecule has 0 atom stereocenters. The molecular formula is C24H22N4O4S2. The minimum Gasteiger partial charge on any atom is -0.490 e. The number of methoxy groups -OCH3 is 1. The Kier molecular flexibility index (Phi) is 7.09. The SMILES string of the molecule is CCCCN1C(=O)/C(=C/c2cn(-c3ccccc3)nc2-c2ccc(OC)c([N+](=O)[O-])c2)SC1=S. The second-order valence-electron chi connectivity index (χ2n) is 7.54. The second kappa shape index (κ2) is 10.2. The molecule has 2 heterocycles. The van der Waals surface area contributed by atoms with Gasteiger partial charge in [0.1, 0.15) is 10.0 Å². The van der Waals surface area contributed by atoms with Crippen LogP contribution in [0, 0.1) is 10.1 Å². The summed E-state index contributed by atoms with van der Waals surface area (Å²) in [5, 5.41) is 16.3. The predicted molar refractivity (Wildman–Crippen MR) is 137 cm³/mol. The van der Waals surface area contributed by atoms with Gasteiger partial charge in [-0.05, 0) is 36.8 Å². The van der Waals surface area contributed by atoms with Crippen LogP contribution in [0.3, 0.4) is 0 Å². The molecular weight excluding hydrogens is 472 g/mol. The van der Waals surface area contributed by atoms with Crippen LogP contribution in [0.5, 0.6) is 5.75 Å². The fraction of sp³-hybridized carbons (Fsp3) is 0.208. The van der Waals surface area contributed by atoms with Crippen molar-refractivity contribution in [2.24, 2.45) is 0 Å². The van der Waals surface area contributed by atoms with E-state index in [9.17, 15) is 14.9 Å². The minimum atomic E-state index is -0.491. The monoisotopic (exact) mass is 494 g/mol. The lowest BCUT2D eigenvalue weighted by atomic mass is 10.1. The summed E-state index contributed by atoms with van der Waals surface area (Å²) in [6, 6.07) is 14.2. The number of carbonyl (C=O) groups excluding carboxylic acids is 1. The van der Waals surface area contributed by atoms with Gasteiger partial charge in [-0.25, -0.2) is 4.68 Å². The van der Waals surface area contributed by atoms with E-state index < -0.39 is 4.92 Å². The molecule has 3 aromatic rings. The summed E-state index contributed by atoms with van der Waals surface area (Å²) < 4.78 is 7.35. The number of unbranched alkanes of at least 4 members (excludes halogenated alkanes) is 1. The quantitative estimate of drug-likeness (QED) is 0.178. The molecule has 2 aromatic carbocycles. The van der Waals surface area contributed by atoms with Crippen molar-refractivity contribution in [2.75, 3.05) is 13.7 Å². The number of thiocarbonyl (C=S) groups is 1. The van der Waals surface area contributed by atoms with Crippen molar-refractivity contribution in [3.05, 3.63) is 75.3 Å². The average molecular weight is 495 g/mol. The first-order valence-corrected chi connectivity index (χ1v) is 11.9. The molecule has 0 bridgehead atoms. The third kappa shape index (κ3) is 4.73. The lowest BCUT2D eigenvalue weighted by Gasteiger charge is -2.12. The summed E-state index contributed by atoms with van der Waals surface area (Å²) in [5.41, 5.74) is 2.36. The van der Waals surface area contributed by atoms with Crippen LogP contribution in [-0.4, -0.2) is 43.5 Å². The van der Waals surface area contributed by atoms with Gasteiger partial charge in [0.2, 0.25) is 0 Å². The highest BCUT2D eigenvalue weighted by molar-refractivity contribution is 8.26. The molecule has 0 unspecified atom stereocenters. The third-order valence-corrected chi connectivity index (χ3v) is 6.69. The molecule has 1 amide bonds. The van der Waals surface area contributed by atoms with Crippen molar-refractivity contribution in [2.45, 2.75) is 19.8 Å². The third-order valence-electron chi connectivity index (χ3n) is 5.31. The zero-order valence-corrected chi connectivity index (χ0v) is 20.3. The summed E-state index contributed by atoms with van der Waals surface area (Å²) in [5.74, 6) is 0.0251. The van der Waals surface area contributed by atoms with Gasteiger partial charge in [-0.15, -0.1) is 0 Å². The summed E-state index contributed by atoms with van der Waals surface area (Å²) in [4.78, 5) is 26.2. The molecule has 1 aliphatic rings. The molecule has 0 saturated carbocycles. The maximum Gasteiger partial charge on any atom is 0.311 e. The van der Waals surface area contributed by atoms with Gasteiger partial charge in [0.05, 0.1) is 22.6 Å². The molecule has 174 valence electrons. The first-order valence-electron chi connectivity index (χ1n) is 10.7. The molecule has 1 saturated heterocycles. The van der Waals surface area contributed by atoms with Gasteiger partial charge >= 0.3 is 5.69 Å². The fourth-order valence-electron chi connectivity index (χ4n) is 3.56. The van der Waals surface area contributed by atoms with Crippen LogP contribution in [-0.2, 0) is 4.79 Å². The van der Waals surface area contributed by atoms with Crippen molar-refractivity contribution in [1.29, 1.82) is 0 Å². The number of para-hydroxylation sites is 1. The zero-order chi connectivity index (χ0) is 24.2. The Hall–Kier alpha value is -3.50. The molecule has 8 nitrogen and oxygen atoms in total. The largest absolute Gasteiger partial charge is 0.490 e. The minimum absolute atomic E-state index is 0.137. The van der Waals surface area contributed by atoms with Gasteiger partial charge in [0.15, 0.2) is 5.75 Å². The van der Waals surface area contributed by atoms with E-state index in [-0.39, 0.29) is 17.3 Å². The van der Waals surface area contributed by atoms with Crippen LogP contribution >= 0.6 is 24.0 Å². The van der Waals surface area contributed by atoms with E-state index in [2.05, 4.69) is 6.92 Å². The Bertz CT molecular complexity index is 1290.